The van der Waals surface area contributed by atoms with E-state index >= 15 is 0 Å². The van der Waals surface area contributed by atoms with Crippen molar-refractivity contribution in [2.45, 2.75) is 12.7 Å². The molecule has 1 aliphatic heterocycles. The highest BCUT2D eigenvalue weighted by Gasteiger charge is 2.56. The summed E-state index contributed by atoms with van der Waals surface area (Å²) in [6.07, 6.45) is 0. The van der Waals surface area contributed by atoms with Gasteiger partial charge in [-0.2, -0.15) is 9.65 Å². The molecule has 1 atom stereocenters. The third-order valence-electron chi connectivity index (χ3n) is 2.80. The van der Waals surface area contributed by atoms with Gasteiger partial charge in [0, 0.05) is 0 Å². The number of amides is 2. The second-order valence-corrected chi connectivity index (χ2v) is 3.95. The molecule has 2 rings (SSSR count). The number of nitrogens with zero attached hydrogens (tertiary/aromatic N) is 2. The van der Waals surface area contributed by atoms with Crippen molar-refractivity contribution < 1.29 is 23.5 Å². The summed E-state index contributed by atoms with van der Waals surface area (Å²) in [5.41, 5.74) is -0.113. The SMILES string of the molecule is CCOC(=O)C(F)(C#N)N1C(=O)c2ccccc2C1=O. The van der Waals surface area contributed by atoms with Crippen LogP contribution in [0.2, 0.25) is 0 Å². The summed E-state index contributed by atoms with van der Waals surface area (Å²) < 4.78 is 18.9. The minimum Gasteiger partial charge on any atom is -0.461 e. The maximum atomic E-state index is 14.5. The minimum absolute atomic E-state index is 0.00431. The summed E-state index contributed by atoms with van der Waals surface area (Å²) in [6, 6.07) is 6.66. The average molecular weight is 276 g/mol. The number of alkyl halides is 1. The monoisotopic (exact) mass is 276 g/mol. The van der Waals surface area contributed by atoms with E-state index in [1.165, 1.54) is 31.2 Å². The van der Waals surface area contributed by atoms with E-state index in [2.05, 4.69) is 4.74 Å². The van der Waals surface area contributed by atoms with Crippen LogP contribution in [0.4, 0.5) is 4.39 Å². The summed E-state index contributed by atoms with van der Waals surface area (Å²) >= 11 is 0. The number of carbonyl (C=O) groups excluding carboxylic acids is 3. The Morgan fingerprint density at radius 1 is 1.35 bits per heavy atom. The second-order valence-electron chi connectivity index (χ2n) is 3.95. The Morgan fingerprint density at radius 3 is 2.25 bits per heavy atom. The fourth-order valence-electron chi connectivity index (χ4n) is 1.88. The Labute approximate surface area is 113 Å². The summed E-state index contributed by atoms with van der Waals surface area (Å²) in [5.74, 6) is -7.13. The molecule has 7 heteroatoms. The molecule has 0 fully saturated rings. The van der Waals surface area contributed by atoms with Crippen LogP contribution in [0.1, 0.15) is 27.6 Å². The number of hydrogen-bond acceptors (Lipinski definition) is 5. The van der Waals surface area contributed by atoms with E-state index in [9.17, 15) is 18.8 Å². The van der Waals surface area contributed by atoms with Gasteiger partial charge in [0.25, 0.3) is 11.8 Å². The van der Waals surface area contributed by atoms with Crippen LogP contribution in [0.25, 0.3) is 0 Å². The molecule has 0 saturated heterocycles. The van der Waals surface area contributed by atoms with Crippen LogP contribution in [0.15, 0.2) is 24.3 Å². The molecule has 1 aromatic carbocycles. The standard InChI is InChI=1S/C13H9FN2O4/c1-2-20-12(19)13(14,7-15)16-10(17)8-5-3-4-6-9(8)11(16)18/h3-6H,2H2,1H3. The van der Waals surface area contributed by atoms with Gasteiger partial charge in [-0.3, -0.25) is 9.59 Å². The average Bonchev–Trinajstić information content (AvgIpc) is 2.71. The molecule has 0 aromatic heterocycles. The lowest BCUT2D eigenvalue weighted by Gasteiger charge is -2.24. The number of benzene rings is 1. The molecule has 1 unspecified atom stereocenters. The molecule has 0 bridgehead atoms. The molecule has 20 heavy (non-hydrogen) atoms. The first-order chi connectivity index (χ1) is 9.47. The van der Waals surface area contributed by atoms with Crippen LogP contribution in [-0.2, 0) is 9.53 Å². The predicted molar refractivity (Wildman–Crippen MR) is 63.0 cm³/mol. The van der Waals surface area contributed by atoms with Gasteiger partial charge in [-0.05, 0) is 19.1 Å². The summed E-state index contributed by atoms with van der Waals surface area (Å²) in [7, 11) is 0. The van der Waals surface area contributed by atoms with Crippen molar-refractivity contribution in [2.75, 3.05) is 6.61 Å². The number of imide groups is 1. The molecule has 2 amide bonds. The normalized spacial score (nSPS) is 16.4. The summed E-state index contributed by atoms with van der Waals surface area (Å²) in [6.45, 7) is 1.23. The number of esters is 1. The zero-order valence-corrected chi connectivity index (χ0v) is 10.4. The van der Waals surface area contributed by atoms with Gasteiger partial charge < -0.3 is 4.74 Å². The Balaban J connectivity index is 2.50. The van der Waals surface area contributed by atoms with Gasteiger partial charge >= 0.3 is 11.8 Å². The number of carbonyl (C=O) groups is 3. The first kappa shape index (κ1) is 13.7. The van der Waals surface area contributed by atoms with Crippen molar-refractivity contribution in [3.05, 3.63) is 35.4 Å². The van der Waals surface area contributed by atoms with Crippen LogP contribution in [0.3, 0.4) is 0 Å². The number of nitriles is 1. The first-order valence-electron chi connectivity index (χ1n) is 5.72. The van der Waals surface area contributed by atoms with Crippen molar-refractivity contribution >= 4 is 17.8 Å². The molecular formula is C13H9FN2O4. The smallest absolute Gasteiger partial charge is 0.381 e. The molecule has 0 N–H and O–H groups in total. The minimum atomic E-state index is -3.47. The molecule has 0 spiro atoms. The van der Waals surface area contributed by atoms with Crippen molar-refractivity contribution in [3.8, 4) is 6.07 Å². The van der Waals surface area contributed by atoms with Crippen LogP contribution in [0, 0.1) is 11.3 Å². The van der Waals surface area contributed by atoms with Crippen molar-refractivity contribution in [1.29, 1.82) is 5.26 Å². The van der Waals surface area contributed by atoms with E-state index in [1.54, 1.807) is 0 Å². The Morgan fingerprint density at radius 2 is 1.85 bits per heavy atom. The lowest BCUT2D eigenvalue weighted by Crippen LogP contribution is -2.53. The van der Waals surface area contributed by atoms with Gasteiger partial charge in [-0.1, -0.05) is 12.1 Å². The fourth-order valence-corrected chi connectivity index (χ4v) is 1.88. The van der Waals surface area contributed by atoms with Crippen molar-refractivity contribution in [3.63, 3.8) is 0 Å². The summed E-state index contributed by atoms with van der Waals surface area (Å²) in [5, 5.41) is 8.89. The van der Waals surface area contributed by atoms with E-state index in [1.807, 2.05) is 0 Å². The zero-order valence-electron chi connectivity index (χ0n) is 10.4. The van der Waals surface area contributed by atoms with E-state index < -0.39 is 23.6 Å². The van der Waals surface area contributed by atoms with Crippen LogP contribution < -0.4 is 0 Å². The van der Waals surface area contributed by atoms with Crippen molar-refractivity contribution in [1.82, 2.24) is 4.90 Å². The molecular weight excluding hydrogens is 267 g/mol. The molecule has 1 heterocycles. The maximum absolute atomic E-state index is 14.5. The highest BCUT2D eigenvalue weighted by molar-refractivity contribution is 6.23. The van der Waals surface area contributed by atoms with Gasteiger partial charge in [0.2, 0.25) is 0 Å². The van der Waals surface area contributed by atoms with Gasteiger partial charge in [0.05, 0.1) is 17.7 Å². The molecule has 0 saturated carbocycles. The highest BCUT2D eigenvalue weighted by Crippen LogP contribution is 2.31. The van der Waals surface area contributed by atoms with Gasteiger partial charge in [0.1, 0.15) is 6.07 Å². The number of hydrogen-bond donors (Lipinski definition) is 0. The molecule has 1 aliphatic rings. The molecule has 0 radical (unpaired) electrons. The number of ether oxygens (including phenoxy) is 1. The molecule has 1 aromatic rings. The van der Waals surface area contributed by atoms with Gasteiger partial charge in [0.15, 0.2) is 0 Å². The zero-order chi connectivity index (χ0) is 14.9. The largest absolute Gasteiger partial charge is 0.461 e. The molecule has 102 valence electrons. The van der Waals surface area contributed by atoms with Gasteiger partial charge in [-0.15, -0.1) is 0 Å². The summed E-state index contributed by atoms with van der Waals surface area (Å²) in [4.78, 5) is 35.6. The predicted octanol–water partition coefficient (Wildman–Crippen LogP) is 1.04. The maximum Gasteiger partial charge on any atom is 0.381 e. The fraction of sp³-hybridized carbons (Fsp3) is 0.231. The van der Waals surface area contributed by atoms with E-state index in [0.29, 0.717) is 0 Å². The highest BCUT2D eigenvalue weighted by atomic mass is 19.1. The van der Waals surface area contributed by atoms with E-state index in [-0.39, 0.29) is 22.6 Å². The Bertz CT molecular complexity index is 617. The second kappa shape index (κ2) is 4.74. The third kappa shape index (κ3) is 1.73. The van der Waals surface area contributed by atoms with Crippen molar-refractivity contribution in [2.24, 2.45) is 0 Å². The Kier molecular flexibility index (Phi) is 3.24. The van der Waals surface area contributed by atoms with E-state index in [4.69, 9.17) is 5.26 Å². The Hall–Kier alpha value is -2.75. The van der Waals surface area contributed by atoms with E-state index in [0.717, 1.165) is 6.07 Å². The third-order valence-corrected chi connectivity index (χ3v) is 2.80. The van der Waals surface area contributed by atoms with Crippen LogP contribution in [0.5, 0.6) is 0 Å². The number of halogens is 1. The number of rotatable bonds is 3. The first-order valence-corrected chi connectivity index (χ1v) is 5.72. The van der Waals surface area contributed by atoms with Crippen LogP contribution in [-0.4, -0.2) is 35.1 Å². The molecule has 6 nitrogen and oxygen atoms in total. The molecule has 0 aliphatic carbocycles. The number of fused-ring (bicyclic) bond motifs is 1. The lowest BCUT2D eigenvalue weighted by molar-refractivity contribution is -0.160. The van der Waals surface area contributed by atoms with Crippen LogP contribution >= 0.6 is 0 Å². The van der Waals surface area contributed by atoms with Gasteiger partial charge in [-0.25, -0.2) is 9.69 Å². The topological polar surface area (TPSA) is 87.5 Å². The quantitative estimate of drug-likeness (QED) is 0.467. The lowest BCUT2D eigenvalue weighted by atomic mass is 10.1.